The molecule has 1 aromatic heterocycles. The van der Waals surface area contributed by atoms with Crippen molar-refractivity contribution in [3.63, 3.8) is 0 Å². The van der Waals surface area contributed by atoms with Gasteiger partial charge in [0.15, 0.2) is 11.6 Å². The van der Waals surface area contributed by atoms with Gasteiger partial charge in [0.2, 0.25) is 0 Å². The van der Waals surface area contributed by atoms with E-state index in [-0.39, 0.29) is 22.2 Å². The van der Waals surface area contributed by atoms with Crippen LogP contribution >= 0.6 is 11.6 Å². The number of halogens is 5. The second-order valence-electron chi connectivity index (χ2n) is 6.79. The molecule has 170 valence electrons. The lowest BCUT2D eigenvalue weighted by atomic mass is 10.2. The second-order valence-corrected chi connectivity index (χ2v) is 8.88. The van der Waals surface area contributed by atoms with Gasteiger partial charge in [-0.2, -0.15) is 13.2 Å². The molecule has 0 amide bonds. The largest absolute Gasteiger partial charge is 0.417 e. The van der Waals surface area contributed by atoms with Gasteiger partial charge in [-0.05, 0) is 54.6 Å². The Labute approximate surface area is 190 Å². The Morgan fingerprint density at radius 1 is 0.848 bits per heavy atom. The molecule has 0 aliphatic rings. The van der Waals surface area contributed by atoms with Crippen LogP contribution in [0, 0.1) is 5.82 Å². The highest BCUT2D eigenvalue weighted by Crippen LogP contribution is 2.37. The zero-order valence-corrected chi connectivity index (χ0v) is 17.9. The van der Waals surface area contributed by atoms with Gasteiger partial charge in [-0.25, -0.2) is 22.8 Å². The van der Waals surface area contributed by atoms with Crippen LogP contribution in [0.1, 0.15) is 5.56 Å². The summed E-state index contributed by atoms with van der Waals surface area (Å²) < 4.78 is 80.7. The molecule has 3 aromatic carbocycles. The van der Waals surface area contributed by atoms with E-state index >= 15 is 0 Å². The summed E-state index contributed by atoms with van der Waals surface area (Å²) in [4.78, 5) is 8.31. The molecule has 0 unspecified atom stereocenters. The van der Waals surface area contributed by atoms with Crippen molar-refractivity contribution in [2.75, 3.05) is 10.0 Å². The Bertz CT molecular complexity index is 1450. The fourth-order valence-electron chi connectivity index (χ4n) is 2.92. The number of nitrogens with one attached hydrogen (secondary N) is 2. The van der Waals surface area contributed by atoms with Crippen molar-refractivity contribution >= 4 is 50.0 Å². The normalized spacial score (nSPS) is 12.0. The Balaban J connectivity index is 1.78. The molecule has 0 saturated carbocycles. The Morgan fingerprint density at radius 2 is 1.45 bits per heavy atom. The van der Waals surface area contributed by atoms with Crippen LogP contribution in [0.2, 0.25) is 5.02 Å². The lowest BCUT2D eigenvalue weighted by Crippen LogP contribution is -2.16. The predicted octanol–water partition coefficient (Wildman–Crippen LogP) is 5.99. The number of hydrogen-bond donors (Lipinski definition) is 2. The summed E-state index contributed by atoms with van der Waals surface area (Å²) in [6.45, 7) is 0. The third kappa shape index (κ3) is 4.99. The van der Waals surface area contributed by atoms with Gasteiger partial charge in [-0.1, -0.05) is 23.7 Å². The van der Waals surface area contributed by atoms with Gasteiger partial charge in [0.1, 0.15) is 5.82 Å². The smallest absolute Gasteiger partial charge is 0.337 e. The predicted molar refractivity (Wildman–Crippen MR) is 116 cm³/mol. The highest BCUT2D eigenvalue weighted by Gasteiger charge is 2.33. The minimum Gasteiger partial charge on any atom is -0.337 e. The molecule has 0 fully saturated rings. The van der Waals surface area contributed by atoms with Crippen molar-refractivity contribution in [3.05, 3.63) is 83.1 Å². The van der Waals surface area contributed by atoms with Crippen LogP contribution < -0.4 is 10.0 Å². The summed E-state index contributed by atoms with van der Waals surface area (Å²) in [7, 11) is -4.21. The topological polar surface area (TPSA) is 84.0 Å². The molecule has 0 saturated heterocycles. The molecule has 0 radical (unpaired) electrons. The first-order valence-corrected chi connectivity index (χ1v) is 11.1. The SMILES string of the molecule is O=S(=O)(Nc1nc2ccccc2nc1Nc1ccc(Cl)c(C(F)(F)F)c1)c1ccc(F)cc1. The number of nitrogens with zero attached hydrogens (tertiary/aromatic N) is 2. The molecule has 4 aromatic rings. The summed E-state index contributed by atoms with van der Waals surface area (Å²) in [6.07, 6.45) is -4.70. The molecule has 0 aliphatic carbocycles. The molecule has 0 bridgehead atoms. The standard InChI is InChI=1S/C21H13ClF4N4O2S/c22-16-10-7-13(11-15(16)21(24,25)26)27-19-20(29-18-4-2-1-3-17(18)28-19)30-33(31,32)14-8-5-12(23)6-9-14/h1-11H,(H,27,28)(H,29,30). The molecule has 4 rings (SSSR count). The zero-order valence-electron chi connectivity index (χ0n) is 16.4. The molecule has 12 heteroatoms. The van der Waals surface area contributed by atoms with E-state index in [4.69, 9.17) is 11.6 Å². The quantitative estimate of drug-likeness (QED) is 0.332. The number of para-hydroxylation sites is 2. The minimum atomic E-state index is -4.70. The second kappa shape index (κ2) is 8.49. The van der Waals surface area contributed by atoms with Gasteiger partial charge >= 0.3 is 6.18 Å². The molecule has 6 nitrogen and oxygen atoms in total. The van der Waals surface area contributed by atoms with E-state index in [9.17, 15) is 26.0 Å². The number of anilines is 3. The van der Waals surface area contributed by atoms with Gasteiger partial charge in [0.05, 0.1) is 26.5 Å². The molecule has 0 spiro atoms. The fraction of sp³-hybridized carbons (Fsp3) is 0.0476. The number of rotatable bonds is 5. The van der Waals surface area contributed by atoms with Crippen molar-refractivity contribution in [1.82, 2.24) is 9.97 Å². The fourth-order valence-corrected chi connectivity index (χ4v) is 4.15. The van der Waals surface area contributed by atoms with Crippen LogP contribution in [-0.2, 0) is 16.2 Å². The molecule has 0 atom stereocenters. The maximum atomic E-state index is 13.2. The van der Waals surface area contributed by atoms with Crippen molar-refractivity contribution in [3.8, 4) is 0 Å². The van der Waals surface area contributed by atoms with Gasteiger partial charge < -0.3 is 5.32 Å². The summed E-state index contributed by atoms with van der Waals surface area (Å²) in [5.41, 5.74) is -0.406. The number of fused-ring (bicyclic) bond motifs is 1. The molecular weight excluding hydrogens is 484 g/mol. The highest BCUT2D eigenvalue weighted by molar-refractivity contribution is 7.92. The first kappa shape index (κ1) is 22.7. The summed E-state index contributed by atoms with van der Waals surface area (Å²) in [5, 5.41) is 2.18. The van der Waals surface area contributed by atoms with Crippen molar-refractivity contribution in [2.24, 2.45) is 0 Å². The van der Waals surface area contributed by atoms with Crippen LogP contribution in [0.15, 0.2) is 71.6 Å². The lowest BCUT2D eigenvalue weighted by molar-refractivity contribution is -0.137. The maximum Gasteiger partial charge on any atom is 0.417 e. The van der Waals surface area contributed by atoms with Gasteiger partial charge in [0.25, 0.3) is 10.0 Å². The van der Waals surface area contributed by atoms with Crippen molar-refractivity contribution in [2.45, 2.75) is 11.1 Å². The molecule has 1 heterocycles. The molecule has 0 aliphatic heterocycles. The van der Waals surface area contributed by atoms with E-state index in [1.165, 1.54) is 6.07 Å². The van der Waals surface area contributed by atoms with E-state index in [0.717, 1.165) is 36.4 Å². The molecule has 2 N–H and O–H groups in total. The first-order chi connectivity index (χ1) is 15.5. The zero-order chi connectivity index (χ0) is 23.8. The minimum absolute atomic E-state index is 0.0430. The van der Waals surface area contributed by atoms with E-state index in [1.54, 1.807) is 24.3 Å². The Morgan fingerprint density at radius 3 is 2.06 bits per heavy atom. The lowest BCUT2D eigenvalue weighted by Gasteiger charge is -2.15. The first-order valence-electron chi connectivity index (χ1n) is 9.22. The Hall–Kier alpha value is -3.44. The number of sulfonamides is 1. The summed E-state index contributed by atoms with van der Waals surface area (Å²) in [5.74, 6) is -1.03. The van der Waals surface area contributed by atoms with Gasteiger partial charge in [-0.15, -0.1) is 0 Å². The monoisotopic (exact) mass is 496 g/mol. The third-order valence-corrected chi connectivity index (χ3v) is 6.14. The van der Waals surface area contributed by atoms with E-state index in [1.807, 2.05) is 0 Å². The number of benzene rings is 3. The highest BCUT2D eigenvalue weighted by atomic mass is 35.5. The molecule has 33 heavy (non-hydrogen) atoms. The van der Waals surface area contributed by atoms with Crippen LogP contribution in [0.4, 0.5) is 34.9 Å². The number of aromatic nitrogens is 2. The van der Waals surface area contributed by atoms with Gasteiger partial charge in [0, 0.05) is 5.69 Å². The van der Waals surface area contributed by atoms with Crippen LogP contribution in [0.5, 0.6) is 0 Å². The van der Waals surface area contributed by atoms with Gasteiger partial charge in [-0.3, -0.25) is 4.72 Å². The number of alkyl halides is 3. The summed E-state index contributed by atoms with van der Waals surface area (Å²) in [6, 6.07) is 13.7. The average Bonchev–Trinajstić information content (AvgIpc) is 2.75. The molecular formula is C21H13ClF4N4O2S. The van der Waals surface area contributed by atoms with E-state index < -0.39 is 32.6 Å². The van der Waals surface area contributed by atoms with E-state index in [0.29, 0.717) is 11.0 Å². The van der Waals surface area contributed by atoms with Crippen LogP contribution in [0.25, 0.3) is 11.0 Å². The number of hydrogen-bond acceptors (Lipinski definition) is 5. The third-order valence-electron chi connectivity index (χ3n) is 4.46. The van der Waals surface area contributed by atoms with Crippen molar-refractivity contribution in [1.29, 1.82) is 0 Å². The maximum absolute atomic E-state index is 13.2. The van der Waals surface area contributed by atoms with Crippen LogP contribution in [0.3, 0.4) is 0 Å². The summed E-state index contributed by atoms with van der Waals surface area (Å²) >= 11 is 5.67. The van der Waals surface area contributed by atoms with Crippen LogP contribution in [-0.4, -0.2) is 18.4 Å². The van der Waals surface area contributed by atoms with Crippen molar-refractivity contribution < 1.29 is 26.0 Å². The van der Waals surface area contributed by atoms with E-state index in [2.05, 4.69) is 20.0 Å². The Kier molecular flexibility index (Phi) is 5.85. The average molecular weight is 497 g/mol.